The summed E-state index contributed by atoms with van der Waals surface area (Å²) in [7, 11) is 1.34. The van der Waals surface area contributed by atoms with Crippen LogP contribution in [0.4, 0.5) is 11.4 Å². The van der Waals surface area contributed by atoms with Crippen molar-refractivity contribution in [3.63, 3.8) is 0 Å². The van der Waals surface area contributed by atoms with Gasteiger partial charge in [-0.3, -0.25) is 9.59 Å². The molecule has 0 aliphatic rings. The van der Waals surface area contributed by atoms with E-state index in [1.54, 1.807) is 35.2 Å². The van der Waals surface area contributed by atoms with E-state index in [0.29, 0.717) is 41.1 Å². The summed E-state index contributed by atoms with van der Waals surface area (Å²) in [5.41, 5.74) is 4.90. The molecule has 5 aromatic rings. The van der Waals surface area contributed by atoms with Crippen molar-refractivity contribution in [3.8, 4) is 5.75 Å². The van der Waals surface area contributed by atoms with Crippen molar-refractivity contribution in [3.05, 3.63) is 161 Å². The molecule has 0 aromatic heterocycles. The van der Waals surface area contributed by atoms with E-state index in [2.05, 4.69) is 5.32 Å². The molecule has 7 nitrogen and oxygen atoms in total. The molecule has 5 rings (SSSR count). The molecule has 0 saturated carbocycles. The summed E-state index contributed by atoms with van der Waals surface area (Å²) in [4.78, 5) is 41.2. The van der Waals surface area contributed by atoms with Gasteiger partial charge in [-0.25, -0.2) is 4.79 Å². The quantitative estimate of drug-likeness (QED) is 0.112. The predicted octanol–water partition coefficient (Wildman–Crippen LogP) is 7.15. The summed E-state index contributed by atoms with van der Waals surface area (Å²) < 4.78 is 11.1. The van der Waals surface area contributed by atoms with E-state index in [-0.39, 0.29) is 18.3 Å². The molecular formula is C39H36N2O5. The van der Waals surface area contributed by atoms with E-state index in [0.717, 1.165) is 16.8 Å². The molecule has 0 bridgehead atoms. The van der Waals surface area contributed by atoms with Gasteiger partial charge in [-0.2, -0.15) is 0 Å². The number of benzene rings is 5. The number of para-hydroxylation sites is 2. The average Bonchev–Trinajstić information content (AvgIpc) is 3.11. The van der Waals surface area contributed by atoms with Crippen LogP contribution in [0.25, 0.3) is 0 Å². The smallest absolute Gasteiger partial charge is 0.328 e. The van der Waals surface area contributed by atoms with Gasteiger partial charge in [-0.1, -0.05) is 91.0 Å². The van der Waals surface area contributed by atoms with Crippen LogP contribution in [-0.2, 0) is 16.0 Å². The molecule has 0 fully saturated rings. The second-order valence-corrected chi connectivity index (χ2v) is 10.8. The van der Waals surface area contributed by atoms with Crippen molar-refractivity contribution in [2.24, 2.45) is 0 Å². The predicted molar refractivity (Wildman–Crippen MR) is 181 cm³/mol. The Bertz CT molecular complexity index is 1770. The molecule has 0 radical (unpaired) electrons. The maximum absolute atomic E-state index is 13.4. The van der Waals surface area contributed by atoms with Gasteiger partial charge < -0.3 is 19.7 Å². The number of ether oxygens (including phenoxy) is 2. The van der Waals surface area contributed by atoms with Crippen LogP contribution in [0.15, 0.2) is 133 Å². The van der Waals surface area contributed by atoms with Crippen LogP contribution in [0.5, 0.6) is 5.75 Å². The van der Waals surface area contributed by atoms with Crippen molar-refractivity contribution in [1.29, 1.82) is 0 Å². The van der Waals surface area contributed by atoms with Gasteiger partial charge in [0.25, 0.3) is 5.91 Å². The summed E-state index contributed by atoms with van der Waals surface area (Å²) in [5, 5.41) is 3.24. The third kappa shape index (κ3) is 7.87. The van der Waals surface area contributed by atoms with Gasteiger partial charge in [0.1, 0.15) is 18.4 Å². The fourth-order valence-corrected chi connectivity index (χ4v) is 5.22. The molecule has 0 saturated heterocycles. The van der Waals surface area contributed by atoms with Crippen molar-refractivity contribution >= 4 is 29.0 Å². The monoisotopic (exact) mass is 612 g/mol. The molecule has 1 atom stereocenters. The van der Waals surface area contributed by atoms with E-state index in [4.69, 9.17) is 9.47 Å². The Labute approximate surface area is 269 Å². The van der Waals surface area contributed by atoms with Gasteiger partial charge >= 0.3 is 5.97 Å². The number of ketones is 1. The highest BCUT2D eigenvalue weighted by atomic mass is 16.5. The number of nitrogens with one attached hydrogen (secondary N) is 1. The van der Waals surface area contributed by atoms with Gasteiger partial charge in [-0.05, 0) is 60.5 Å². The number of aryl methyl sites for hydroxylation is 1. The minimum atomic E-state index is -0.729. The van der Waals surface area contributed by atoms with Crippen molar-refractivity contribution < 1.29 is 23.9 Å². The molecule has 0 aliphatic heterocycles. The number of carbonyl (C=O) groups excluding carboxylic acids is 3. The number of amides is 1. The topological polar surface area (TPSA) is 84.9 Å². The molecule has 46 heavy (non-hydrogen) atoms. The lowest BCUT2D eigenvalue weighted by Gasteiger charge is -2.25. The first kappa shape index (κ1) is 31.7. The summed E-state index contributed by atoms with van der Waals surface area (Å²) >= 11 is 0. The van der Waals surface area contributed by atoms with Gasteiger partial charge in [0, 0.05) is 34.5 Å². The van der Waals surface area contributed by atoms with Crippen LogP contribution in [0.3, 0.4) is 0 Å². The molecule has 5 aromatic carbocycles. The lowest BCUT2D eigenvalue weighted by Crippen LogP contribution is -2.35. The first-order valence-electron chi connectivity index (χ1n) is 15.1. The highest BCUT2D eigenvalue weighted by molar-refractivity contribution is 6.12. The molecule has 232 valence electrons. The summed E-state index contributed by atoms with van der Waals surface area (Å²) in [6, 6.07) is 39.9. The van der Waals surface area contributed by atoms with Crippen LogP contribution in [0.1, 0.15) is 37.4 Å². The molecule has 0 aliphatic carbocycles. The zero-order valence-electron chi connectivity index (χ0n) is 25.9. The van der Waals surface area contributed by atoms with Gasteiger partial charge in [0.05, 0.1) is 13.7 Å². The largest absolute Gasteiger partial charge is 0.492 e. The second-order valence-electron chi connectivity index (χ2n) is 10.8. The highest BCUT2D eigenvalue weighted by Crippen LogP contribution is 2.24. The van der Waals surface area contributed by atoms with Crippen LogP contribution >= 0.6 is 0 Å². The van der Waals surface area contributed by atoms with Crippen molar-refractivity contribution in [2.75, 3.05) is 30.5 Å². The maximum Gasteiger partial charge on any atom is 0.328 e. The molecule has 1 amide bonds. The molecule has 0 spiro atoms. The van der Waals surface area contributed by atoms with Crippen molar-refractivity contribution in [1.82, 2.24) is 0 Å². The van der Waals surface area contributed by atoms with Gasteiger partial charge in [0.2, 0.25) is 0 Å². The van der Waals surface area contributed by atoms with E-state index in [9.17, 15) is 14.4 Å². The van der Waals surface area contributed by atoms with Crippen LogP contribution < -0.4 is 15.0 Å². The molecule has 0 heterocycles. The Morgan fingerprint density at radius 1 is 0.717 bits per heavy atom. The normalized spacial score (nSPS) is 11.3. The standard InChI is InChI=1S/C39H36N2O5/c1-28-13-9-12-20-36(28)41(38(43)31-16-7-4-8-17-31)25-26-46-32-23-21-29(22-24-32)27-35(39(44)45-2)40-34-19-11-10-18-33(34)37(42)30-14-5-3-6-15-30/h3-24,35,40H,25-27H2,1-2H3/t35-/m0/s1. The van der Waals surface area contributed by atoms with Crippen LogP contribution in [0.2, 0.25) is 0 Å². The van der Waals surface area contributed by atoms with Crippen LogP contribution in [-0.4, -0.2) is 44.0 Å². The number of esters is 1. The number of methoxy groups -OCH3 is 1. The third-order valence-electron chi connectivity index (χ3n) is 7.64. The lowest BCUT2D eigenvalue weighted by molar-refractivity contribution is -0.141. The summed E-state index contributed by atoms with van der Waals surface area (Å²) in [6.07, 6.45) is 0.327. The number of hydrogen-bond donors (Lipinski definition) is 1. The third-order valence-corrected chi connectivity index (χ3v) is 7.64. The maximum atomic E-state index is 13.4. The Morgan fingerprint density at radius 3 is 2.00 bits per heavy atom. The Balaban J connectivity index is 1.25. The SMILES string of the molecule is COC(=O)[C@H](Cc1ccc(OCCN(C(=O)c2ccccc2)c2ccccc2C)cc1)Nc1ccccc1C(=O)c1ccccc1. The number of rotatable bonds is 13. The van der Waals surface area contributed by atoms with E-state index >= 15 is 0 Å². The second kappa shape index (κ2) is 15.3. The van der Waals surface area contributed by atoms with Gasteiger partial charge in [0.15, 0.2) is 5.78 Å². The minimum absolute atomic E-state index is 0.0951. The Hall–Kier alpha value is -5.69. The van der Waals surface area contributed by atoms with Gasteiger partial charge in [-0.15, -0.1) is 0 Å². The number of hydrogen-bond acceptors (Lipinski definition) is 6. The first-order valence-corrected chi connectivity index (χ1v) is 15.1. The fraction of sp³-hybridized carbons (Fsp3) is 0.154. The summed E-state index contributed by atoms with van der Waals surface area (Å²) in [5.74, 6) is -0.0359. The van der Waals surface area contributed by atoms with E-state index in [1.165, 1.54) is 7.11 Å². The number of carbonyl (C=O) groups is 3. The van der Waals surface area contributed by atoms with E-state index in [1.807, 2.05) is 110 Å². The fourth-order valence-electron chi connectivity index (χ4n) is 5.22. The number of anilines is 2. The Kier molecular flexibility index (Phi) is 10.6. The Morgan fingerprint density at radius 2 is 1.33 bits per heavy atom. The zero-order chi connectivity index (χ0) is 32.3. The molecular weight excluding hydrogens is 576 g/mol. The lowest BCUT2D eigenvalue weighted by atomic mass is 10.00. The average molecular weight is 613 g/mol. The molecule has 0 unspecified atom stereocenters. The summed E-state index contributed by atoms with van der Waals surface area (Å²) in [6.45, 7) is 2.62. The van der Waals surface area contributed by atoms with Crippen molar-refractivity contribution in [2.45, 2.75) is 19.4 Å². The zero-order valence-corrected chi connectivity index (χ0v) is 25.9. The highest BCUT2D eigenvalue weighted by Gasteiger charge is 2.23. The molecule has 7 heteroatoms. The minimum Gasteiger partial charge on any atom is -0.492 e. The number of nitrogens with zero attached hydrogens (tertiary/aromatic N) is 1. The first-order chi connectivity index (χ1) is 22.4. The van der Waals surface area contributed by atoms with Crippen LogP contribution in [0, 0.1) is 6.92 Å². The van der Waals surface area contributed by atoms with E-state index < -0.39 is 12.0 Å². The molecule has 1 N–H and O–H groups in total.